The highest BCUT2D eigenvalue weighted by Gasteiger charge is 2.10. The van der Waals surface area contributed by atoms with Crippen molar-refractivity contribution in [2.45, 2.75) is 6.42 Å². The first kappa shape index (κ1) is 14.5. The van der Waals surface area contributed by atoms with Crippen LogP contribution in [0.25, 0.3) is 16.5 Å². The van der Waals surface area contributed by atoms with E-state index in [1.165, 1.54) is 5.57 Å². The van der Waals surface area contributed by atoms with Crippen LogP contribution in [0.5, 0.6) is 5.75 Å². The lowest BCUT2D eigenvalue weighted by Gasteiger charge is -2.11. The minimum atomic E-state index is 0.461. The maximum Gasteiger partial charge on any atom is 0.132 e. The number of nitrogen functional groups attached to an aromatic ring is 1. The lowest BCUT2D eigenvalue weighted by molar-refractivity contribution is 0.172. The molecule has 2 heterocycles. The van der Waals surface area contributed by atoms with Crippen molar-refractivity contribution in [3.63, 3.8) is 0 Å². The second-order valence-electron chi connectivity index (χ2n) is 5.15. The minimum Gasteiger partial charge on any atom is -0.493 e. The second kappa shape index (κ2) is 6.58. The van der Waals surface area contributed by atoms with Gasteiger partial charge in [-0.1, -0.05) is 6.07 Å². The maximum atomic E-state index is 5.90. The first-order valence-electron chi connectivity index (χ1n) is 7.29. The summed E-state index contributed by atoms with van der Waals surface area (Å²) in [5, 5.41) is 0.967. The van der Waals surface area contributed by atoms with Crippen molar-refractivity contribution in [3.8, 4) is 5.75 Å². The molecule has 5 nitrogen and oxygen atoms in total. The van der Waals surface area contributed by atoms with E-state index < -0.39 is 0 Å². The number of fused-ring (bicyclic) bond motifs is 1. The van der Waals surface area contributed by atoms with E-state index in [0.717, 1.165) is 28.6 Å². The third-order valence-electron chi connectivity index (χ3n) is 3.56. The molecular weight excluding hydrogens is 278 g/mol. The summed E-state index contributed by atoms with van der Waals surface area (Å²) in [6.07, 6.45) is 4.69. The monoisotopic (exact) mass is 297 g/mol. The molecule has 5 heteroatoms. The Kier molecular flexibility index (Phi) is 4.34. The molecule has 0 spiro atoms. The quantitative estimate of drug-likeness (QED) is 0.832. The van der Waals surface area contributed by atoms with Crippen LogP contribution in [0.3, 0.4) is 0 Å². The molecule has 0 radical (unpaired) electrons. The zero-order valence-corrected chi connectivity index (χ0v) is 12.6. The van der Waals surface area contributed by atoms with E-state index in [4.69, 9.17) is 15.2 Å². The number of pyridine rings is 1. The summed E-state index contributed by atoms with van der Waals surface area (Å²) in [5.74, 6) is 1.23. The number of benzene rings is 1. The molecule has 3 rings (SSSR count). The summed E-state index contributed by atoms with van der Waals surface area (Å²) in [5.41, 5.74) is 9.05. The summed E-state index contributed by atoms with van der Waals surface area (Å²) in [6, 6.07) is 7.91. The number of methoxy groups -OCH3 is 1. The van der Waals surface area contributed by atoms with Gasteiger partial charge in [-0.25, -0.2) is 4.98 Å². The van der Waals surface area contributed by atoms with Crippen LogP contribution in [-0.2, 0) is 4.74 Å². The van der Waals surface area contributed by atoms with Crippen molar-refractivity contribution >= 4 is 28.5 Å². The van der Waals surface area contributed by atoms with Gasteiger partial charge in [-0.3, -0.25) is 4.99 Å². The molecular formula is C17H19N3O2. The highest BCUT2D eigenvalue weighted by atomic mass is 16.5. The van der Waals surface area contributed by atoms with Crippen LogP contribution in [-0.4, -0.2) is 38.1 Å². The van der Waals surface area contributed by atoms with Gasteiger partial charge in [0.05, 0.1) is 18.7 Å². The van der Waals surface area contributed by atoms with Crippen LogP contribution >= 0.6 is 0 Å². The van der Waals surface area contributed by atoms with Gasteiger partial charge >= 0.3 is 0 Å². The van der Waals surface area contributed by atoms with E-state index in [0.29, 0.717) is 25.6 Å². The maximum absolute atomic E-state index is 5.90. The first-order valence-corrected chi connectivity index (χ1v) is 7.29. The molecule has 1 aromatic carbocycles. The fourth-order valence-electron chi connectivity index (χ4n) is 2.45. The van der Waals surface area contributed by atoms with Gasteiger partial charge in [0.2, 0.25) is 0 Å². The molecule has 0 unspecified atom stereocenters. The SMILES string of the molecule is COCCCOc1cc(N)nc2cc(C3=CC=NC3)ccc12. The predicted octanol–water partition coefficient (Wildman–Crippen LogP) is 2.70. The Morgan fingerprint density at radius 3 is 2.91 bits per heavy atom. The van der Waals surface area contributed by atoms with Crippen LogP contribution in [0, 0.1) is 0 Å². The van der Waals surface area contributed by atoms with Crippen LogP contribution < -0.4 is 10.5 Å². The molecule has 0 saturated carbocycles. The van der Waals surface area contributed by atoms with Crippen molar-refractivity contribution in [2.24, 2.45) is 4.99 Å². The van der Waals surface area contributed by atoms with Crippen molar-refractivity contribution in [3.05, 3.63) is 35.9 Å². The zero-order valence-electron chi connectivity index (χ0n) is 12.6. The lowest BCUT2D eigenvalue weighted by Crippen LogP contribution is -2.03. The van der Waals surface area contributed by atoms with Crippen LogP contribution in [0.15, 0.2) is 35.3 Å². The number of hydrogen-bond acceptors (Lipinski definition) is 5. The van der Waals surface area contributed by atoms with E-state index in [2.05, 4.69) is 16.0 Å². The number of nitrogens with zero attached hydrogens (tertiary/aromatic N) is 2. The third-order valence-corrected chi connectivity index (χ3v) is 3.56. The average Bonchev–Trinajstić information content (AvgIpc) is 3.05. The smallest absolute Gasteiger partial charge is 0.132 e. The normalized spacial score (nSPS) is 13.6. The Balaban J connectivity index is 1.89. The number of aromatic nitrogens is 1. The number of ether oxygens (including phenoxy) is 2. The molecule has 2 aromatic rings. The summed E-state index contributed by atoms with van der Waals surface area (Å²) < 4.78 is 10.9. The standard InChI is InChI=1S/C17H19N3O2/c1-21-7-2-8-22-16-10-17(18)20-15-9-12(3-4-14(15)16)13-5-6-19-11-13/h3-6,9-10H,2,7-8,11H2,1H3,(H2,18,20). The Hall–Kier alpha value is -2.40. The summed E-state index contributed by atoms with van der Waals surface area (Å²) >= 11 is 0. The molecule has 0 saturated heterocycles. The molecule has 0 amide bonds. The van der Waals surface area contributed by atoms with Crippen LogP contribution in [0.1, 0.15) is 12.0 Å². The van der Waals surface area contributed by atoms with Gasteiger partial charge in [0.25, 0.3) is 0 Å². The molecule has 1 aliphatic rings. The van der Waals surface area contributed by atoms with Gasteiger partial charge in [-0.05, 0) is 29.3 Å². The van der Waals surface area contributed by atoms with E-state index in [1.807, 2.05) is 24.4 Å². The van der Waals surface area contributed by atoms with E-state index in [9.17, 15) is 0 Å². The highest BCUT2D eigenvalue weighted by Crippen LogP contribution is 2.29. The Morgan fingerprint density at radius 1 is 1.23 bits per heavy atom. The van der Waals surface area contributed by atoms with Gasteiger partial charge in [0, 0.05) is 37.8 Å². The summed E-state index contributed by atoms with van der Waals surface area (Å²) in [4.78, 5) is 8.63. The van der Waals surface area contributed by atoms with E-state index >= 15 is 0 Å². The predicted molar refractivity (Wildman–Crippen MR) is 89.5 cm³/mol. The average molecular weight is 297 g/mol. The molecule has 1 aliphatic heterocycles. The number of nitrogens with two attached hydrogens (primary N) is 1. The van der Waals surface area contributed by atoms with Crippen molar-refractivity contribution in [1.29, 1.82) is 0 Å². The van der Waals surface area contributed by atoms with E-state index in [1.54, 1.807) is 13.2 Å². The lowest BCUT2D eigenvalue weighted by atomic mass is 10.0. The molecule has 1 aromatic heterocycles. The molecule has 2 N–H and O–H groups in total. The summed E-state index contributed by atoms with van der Waals surface area (Å²) in [6.45, 7) is 1.98. The fourth-order valence-corrected chi connectivity index (χ4v) is 2.45. The first-order chi connectivity index (χ1) is 10.8. The van der Waals surface area contributed by atoms with Crippen molar-refractivity contribution in [1.82, 2.24) is 4.98 Å². The van der Waals surface area contributed by atoms with Crippen molar-refractivity contribution < 1.29 is 9.47 Å². The molecule has 0 aliphatic carbocycles. The number of hydrogen-bond donors (Lipinski definition) is 1. The number of rotatable bonds is 6. The fraction of sp³-hybridized carbons (Fsp3) is 0.294. The Morgan fingerprint density at radius 2 is 2.14 bits per heavy atom. The van der Waals surface area contributed by atoms with Gasteiger partial charge < -0.3 is 15.2 Å². The number of aliphatic imine (C=N–C) groups is 1. The number of allylic oxidation sites excluding steroid dienone is 1. The van der Waals surface area contributed by atoms with Crippen molar-refractivity contribution in [2.75, 3.05) is 32.6 Å². The third kappa shape index (κ3) is 3.09. The molecule has 22 heavy (non-hydrogen) atoms. The van der Waals surface area contributed by atoms with Crippen LogP contribution in [0.2, 0.25) is 0 Å². The number of anilines is 1. The van der Waals surface area contributed by atoms with Gasteiger partial charge in [0.1, 0.15) is 11.6 Å². The van der Waals surface area contributed by atoms with Gasteiger partial charge in [-0.2, -0.15) is 0 Å². The second-order valence-corrected chi connectivity index (χ2v) is 5.15. The highest BCUT2D eigenvalue weighted by molar-refractivity contribution is 5.94. The topological polar surface area (TPSA) is 69.7 Å². The van der Waals surface area contributed by atoms with Crippen LogP contribution in [0.4, 0.5) is 5.82 Å². The van der Waals surface area contributed by atoms with Gasteiger partial charge in [-0.15, -0.1) is 0 Å². The molecule has 0 atom stereocenters. The molecule has 0 bridgehead atoms. The largest absolute Gasteiger partial charge is 0.493 e. The Labute approximate surface area is 129 Å². The molecule has 114 valence electrons. The minimum absolute atomic E-state index is 0.461. The summed E-state index contributed by atoms with van der Waals surface area (Å²) in [7, 11) is 1.68. The zero-order chi connectivity index (χ0) is 15.4. The van der Waals surface area contributed by atoms with Gasteiger partial charge in [0.15, 0.2) is 0 Å². The van der Waals surface area contributed by atoms with E-state index in [-0.39, 0.29) is 0 Å². The molecule has 0 fully saturated rings. The Bertz CT molecular complexity index is 738.